The number of hydrogen-bond acceptors (Lipinski definition) is 4. The van der Waals surface area contributed by atoms with E-state index in [2.05, 4.69) is 10.3 Å². The molecule has 0 aromatic rings. The third-order valence-corrected chi connectivity index (χ3v) is 2.51. The Hall–Kier alpha value is -1.34. The van der Waals surface area contributed by atoms with Crippen molar-refractivity contribution in [3.63, 3.8) is 0 Å². The molecule has 1 rings (SSSR count). The number of hydroxylamine groups is 1. The number of ether oxygens (including phenoxy) is 1. The predicted molar refractivity (Wildman–Crippen MR) is 53.7 cm³/mol. The highest BCUT2D eigenvalue weighted by atomic mass is 16.7. The Balaban J connectivity index is 2.32. The van der Waals surface area contributed by atoms with Crippen LogP contribution in [0, 0.1) is 0 Å². The quantitative estimate of drug-likeness (QED) is 0.656. The van der Waals surface area contributed by atoms with Gasteiger partial charge in [0.1, 0.15) is 0 Å². The summed E-state index contributed by atoms with van der Waals surface area (Å²) in [7, 11) is 1.62. The summed E-state index contributed by atoms with van der Waals surface area (Å²) in [5.74, 6) is -1.14. The largest absolute Gasteiger partial charge is 0.479 e. The molecule has 0 spiro atoms. The van der Waals surface area contributed by atoms with Gasteiger partial charge in [-0.3, -0.25) is 4.84 Å². The molecule has 16 heavy (non-hydrogen) atoms. The molecule has 1 heterocycles. The Kier molecular flexibility index (Phi) is 4.51. The van der Waals surface area contributed by atoms with Gasteiger partial charge in [-0.25, -0.2) is 15.1 Å². The van der Waals surface area contributed by atoms with Crippen LogP contribution in [-0.2, 0) is 14.4 Å². The van der Waals surface area contributed by atoms with E-state index in [4.69, 9.17) is 9.84 Å². The number of likely N-dealkylation sites (N-methyl/N-ethyl adjacent to an activating group) is 1. The van der Waals surface area contributed by atoms with Crippen LogP contribution in [0.15, 0.2) is 0 Å². The molecule has 2 amide bonds. The van der Waals surface area contributed by atoms with Gasteiger partial charge in [0.25, 0.3) is 0 Å². The second-order valence-corrected chi connectivity index (χ2v) is 3.63. The summed E-state index contributed by atoms with van der Waals surface area (Å²) < 4.78 is 5.32. The molecule has 2 unspecified atom stereocenters. The molecule has 7 nitrogen and oxygen atoms in total. The fraction of sp³-hybridized carbons (Fsp3) is 0.778. The number of aliphatic carboxylic acids is 1. The van der Waals surface area contributed by atoms with Crippen molar-refractivity contribution in [1.29, 1.82) is 0 Å². The van der Waals surface area contributed by atoms with Gasteiger partial charge in [-0.1, -0.05) is 0 Å². The van der Waals surface area contributed by atoms with Crippen molar-refractivity contribution < 1.29 is 24.3 Å². The zero-order valence-electron chi connectivity index (χ0n) is 9.30. The van der Waals surface area contributed by atoms with Gasteiger partial charge < -0.3 is 14.7 Å². The fourth-order valence-electron chi connectivity index (χ4n) is 1.61. The summed E-state index contributed by atoms with van der Waals surface area (Å²) in [6.07, 6.45) is 0.750. The van der Waals surface area contributed by atoms with Gasteiger partial charge in [0, 0.05) is 13.7 Å². The second kappa shape index (κ2) is 5.66. The molecule has 2 atom stereocenters. The number of urea groups is 1. The number of carbonyl (C=O) groups is 2. The molecule has 1 saturated heterocycles. The average Bonchev–Trinajstić information content (AvgIpc) is 2.62. The van der Waals surface area contributed by atoms with E-state index in [1.54, 1.807) is 7.05 Å². The summed E-state index contributed by atoms with van der Waals surface area (Å²) in [6.45, 7) is 1.95. The van der Waals surface area contributed by atoms with E-state index in [-0.39, 0.29) is 12.1 Å². The van der Waals surface area contributed by atoms with E-state index in [1.165, 1.54) is 4.90 Å². The van der Waals surface area contributed by atoms with Crippen molar-refractivity contribution in [2.24, 2.45) is 0 Å². The Bertz CT molecular complexity index is 271. The van der Waals surface area contributed by atoms with Crippen LogP contribution in [0.2, 0.25) is 0 Å². The minimum absolute atomic E-state index is 0.00609. The van der Waals surface area contributed by atoms with Gasteiger partial charge in [-0.15, -0.1) is 0 Å². The van der Waals surface area contributed by atoms with E-state index in [0.717, 1.165) is 6.42 Å². The summed E-state index contributed by atoms with van der Waals surface area (Å²) in [5.41, 5.74) is 2.06. The van der Waals surface area contributed by atoms with Gasteiger partial charge in [-0.05, 0) is 13.3 Å². The SMILES string of the molecule is CC1OCCC1N(C)C(=O)NOCC(=O)O. The van der Waals surface area contributed by atoms with Crippen LogP contribution in [0.1, 0.15) is 13.3 Å². The second-order valence-electron chi connectivity index (χ2n) is 3.63. The lowest BCUT2D eigenvalue weighted by Crippen LogP contribution is -2.46. The predicted octanol–water partition coefficient (Wildman–Crippen LogP) is -0.179. The van der Waals surface area contributed by atoms with Crippen molar-refractivity contribution in [2.75, 3.05) is 20.3 Å². The Morgan fingerprint density at radius 1 is 1.62 bits per heavy atom. The molecule has 1 fully saturated rings. The maximum Gasteiger partial charge on any atom is 0.341 e. The van der Waals surface area contributed by atoms with Gasteiger partial charge in [0.05, 0.1) is 12.1 Å². The summed E-state index contributed by atoms with van der Waals surface area (Å²) in [4.78, 5) is 27.6. The molecular formula is C9H16N2O5. The van der Waals surface area contributed by atoms with Crippen molar-refractivity contribution in [3.8, 4) is 0 Å². The van der Waals surface area contributed by atoms with Gasteiger partial charge in [0.15, 0.2) is 6.61 Å². The molecule has 92 valence electrons. The molecule has 1 aliphatic heterocycles. The van der Waals surface area contributed by atoms with Crippen LogP contribution in [0.3, 0.4) is 0 Å². The van der Waals surface area contributed by atoms with Crippen molar-refractivity contribution >= 4 is 12.0 Å². The molecule has 2 N–H and O–H groups in total. The topological polar surface area (TPSA) is 88.1 Å². The molecule has 0 aromatic heterocycles. The van der Waals surface area contributed by atoms with Crippen molar-refractivity contribution in [3.05, 3.63) is 0 Å². The normalized spacial score (nSPS) is 24.1. The Morgan fingerprint density at radius 3 is 2.81 bits per heavy atom. The van der Waals surface area contributed by atoms with Crippen LogP contribution in [0.4, 0.5) is 4.79 Å². The monoisotopic (exact) mass is 232 g/mol. The van der Waals surface area contributed by atoms with E-state index in [9.17, 15) is 9.59 Å². The lowest BCUT2D eigenvalue weighted by molar-refractivity contribution is -0.144. The van der Waals surface area contributed by atoms with E-state index in [0.29, 0.717) is 6.61 Å². The smallest absolute Gasteiger partial charge is 0.341 e. The van der Waals surface area contributed by atoms with E-state index < -0.39 is 18.6 Å². The van der Waals surface area contributed by atoms with Crippen LogP contribution in [-0.4, -0.2) is 54.4 Å². The summed E-state index contributed by atoms with van der Waals surface area (Å²) in [5, 5.41) is 8.31. The highest BCUT2D eigenvalue weighted by Crippen LogP contribution is 2.17. The summed E-state index contributed by atoms with van der Waals surface area (Å²) >= 11 is 0. The zero-order valence-corrected chi connectivity index (χ0v) is 9.30. The van der Waals surface area contributed by atoms with Gasteiger partial charge in [0.2, 0.25) is 0 Å². The fourth-order valence-corrected chi connectivity index (χ4v) is 1.61. The number of amides is 2. The van der Waals surface area contributed by atoms with Crippen molar-refractivity contribution in [1.82, 2.24) is 10.4 Å². The zero-order chi connectivity index (χ0) is 12.1. The van der Waals surface area contributed by atoms with Gasteiger partial charge in [-0.2, -0.15) is 0 Å². The standard InChI is InChI=1S/C9H16N2O5/c1-6-7(3-4-15-6)11(2)9(14)10-16-5-8(12)13/h6-7H,3-5H2,1-2H3,(H,10,14)(H,12,13). The number of carbonyl (C=O) groups excluding carboxylic acids is 1. The molecule has 0 aromatic carbocycles. The number of nitrogens with one attached hydrogen (secondary N) is 1. The Morgan fingerprint density at radius 2 is 2.31 bits per heavy atom. The number of rotatable bonds is 4. The third kappa shape index (κ3) is 3.35. The first-order valence-corrected chi connectivity index (χ1v) is 5.00. The highest BCUT2D eigenvalue weighted by Gasteiger charge is 2.30. The molecular weight excluding hydrogens is 216 g/mol. The maximum absolute atomic E-state index is 11.5. The van der Waals surface area contributed by atoms with E-state index >= 15 is 0 Å². The number of carboxylic acid groups (broad SMARTS) is 1. The lowest BCUT2D eigenvalue weighted by Gasteiger charge is -2.26. The number of carboxylic acids is 1. The van der Waals surface area contributed by atoms with Crippen LogP contribution < -0.4 is 5.48 Å². The van der Waals surface area contributed by atoms with E-state index in [1.807, 2.05) is 6.92 Å². The number of nitrogens with zero attached hydrogens (tertiary/aromatic N) is 1. The first kappa shape index (κ1) is 12.7. The molecule has 7 heteroatoms. The molecule has 1 aliphatic rings. The number of hydrogen-bond donors (Lipinski definition) is 2. The maximum atomic E-state index is 11.5. The summed E-state index contributed by atoms with van der Waals surface area (Å²) in [6, 6.07) is -0.475. The minimum Gasteiger partial charge on any atom is -0.479 e. The first-order chi connectivity index (χ1) is 7.52. The van der Waals surface area contributed by atoms with Crippen LogP contribution >= 0.6 is 0 Å². The molecule has 0 aliphatic carbocycles. The Labute approximate surface area is 93.3 Å². The van der Waals surface area contributed by atoms with Gasteiger partial charge >= 0.3 is 12.0 Å². The van der Waals surface area contributed by atoms with Crippen LogP contribution in [0.25, 0.3) is 0 Å². The first-order valence-electron chi connectivity index (χ1n) is 5.00. The third-order valence-electron chi connectivity index (χ3n) is 2.51. The highest BCUT2D eigenvalue weighted by molar-refractivity contribution is 5.73. The molecule has 0 radical (unpaired) electrons. The molecule has 0 bridgehead atoms. The minimum atomic E-state index is -1.14. The average molecular weight is 232 g/mol. The van der Waals surface area contributed by atoms with Crippen LogP contribution in [0.5, 0.6) is 0 Å². The molecule has 0 saturated carbocycles. The lowest BCUT2D eigenvalue weighted by atomic mass is 10.1. The van der Waals surface area contributed by atoms with Crippen molar-refractivity contribution in [2.45, 2.75) is 25.5 Å².